The van der Waals surface area contributed by atoms with Gasteiger partial charge in [-0.3, -0.25) is 4.79 Å². The number of ketones is 1. The van der Waals surface area contributed by atoms with Crippen LogP contribution in [0.4, 0.5) is 0 Å². The molecule has 4 rings (SSSR count). The topological polar surface area (TPSA) is 56.5 Å². The largest absolute Gasteiger partial charge is 0.485 e. The summed E-state index contributed by atoms with van der Waals surface area (Å²) in [6.45, 7) is 1.82. The highest BCUT2D eigenvalue weighted by Gasteiger charge is 2.14. The highest BCUT2D eigenvalue weighted by molar-refractivity contribution is 5.97. The van der Waals surface area contributed by atoms with E-state index in [1.54, 1.807) is 24.3 Å². The average molecular weight is 370 g/mol. The van der Waals surface area contributed by atoms with Crippen molar-refractivity contribution >= 4 is 16.8 Å². The zero-order valence-corrected chi connectivity index (χ0v) is 15.3. The summed E-state index contributed by atoms with van der Waals surface area (Å²) in [4.78, 5) is 24.7. The van der Waals surface area contributed by atoms with E-state index in [0.717, 1.165) is 16.5 Å². The maximum Gasteiger partial charge on any atom is 0.344 e. The van der Waals surface area contributed by atoms with Crippen molar-refractivity contribution in [1.29, 1.82) is 0 Å². The molecule has 0 spiro atoms. The number of hydrogen-bond acceptors (Lipinski definition) is 4. The standard InChI is InChI=1S/C24H18O4/c1-16-20-13-12-19(27-15-21(25)17-8-4-2-5-9-17)14-22(20)28-24(26)23(16)18-10-6-3-7-11-18/h2-14H,15H2,1H3. The van der Waals surface area contributed by atoms with Crippen LogP contribution < -0.4 is 10.4 Å². The lowest BCUT2D eigenvalue weighted by atomic mass is 10.00. The predicted octanol–water partition coefficient (Wildman–Crippen LogP) is 5.03. The minimum absolute atomic E-state index is 0.0825. The molecule has 4 nitrogen and oxygen atoms in total. The highest BCUT2D eigenvalue weighted by atomic mass is 16.5. The molecule has 3 aromatic carbocycles. The lowest BCUT2D eigenvalue weighted by molar-refractivity contribution is 0.0921. The Morgan fingerprint density at radius 2 is 1.61 bits per heavy atom. The van der Waals surface area contributed by atoms with Gasteiger partial charge in [-0.15, -0.1) is 0 Å². The summed E-state index contributed by atoms with van der Waals surface area (Å²) in [6.07, 6.45) is 0. The second-order valence-electron chi connectivity index (χ2n) is 6.49. The monoisotopic (exact) mass is 370 g/mol. The Morgan fingerprint density at radius 3 is 2.32 bits per heavy atom. The van der Waals surface area contributed by atoms with Crippen LogP contribution in [-0.2, 0) is 0 Å². The molecule has 0 radical (unpaired) electrons. The van der Waals surface area contributed by atoms with E-state index in [9.17, 15) is 9.59 Å². The normalized spacial score (nSPS) is 10.8. The summed E-state index contributed by atoms with van der Waals surface area (Å²) in [5.41, 5.74) is 2.87. The Bertz CT molecular complexity index is 1190. The van der Waals surface area contributed by atoms with E-state index in [4.69, 9.17) is 9.15 Å². The number of hydrogen-bond donors (Lipinski definition) is 0. The SMILES string of the molecule is Cc1c(-c2ccccc2)c(=O)oc2cc(OCC(=O)c3ccccc3)ccc12. The fourth-order valence-corrected chi connectivity index (χ4v) is 3.22. The third kappa shape index (κ3) is 3.45. The zero-order chi connectivity index (χ0) is 19.5. The van der Waals surface area contributed by atoms with Crippen LogP contribution in [0.5, 0.6) is 5.75 Å². The quantitative estimate of drug-likeness (QED) is 0.365. The highest BCUT2D eigenvalue weighted by Crippen LogP contribution is 2.28. The summed E-state index contributed by atoms with van der Waals surface area (Å²) in [5, 5.41) is 0.834. The Labute approximate surface area is 162 Å². The van der Waals surface area contributed by atoms with Gasteiger partial charge < -0.3 is 9.15 Å². The maximum atomic E-state index is 12.6. The van der Waals surface area contributed by atoms with E-state index in [2.05, 4.69) is 0 Å². The molecular formula is C24H18O4. The molecule has 0 aliphatic rings. The first-order valence-electron chi connectivity index (χ1n) is 8.97. The van der Waals surface area contributed by atoms with Crippen LogP contribution >= 0.6 is 0 Å². The molecule has 0 saturated heterocycles. The maximum absolute atomic E-state index is 12.6. The van der Waals surface area contributed by atoms with Crippen LogP contribution in [-0.4, -0.2) is 12.4 Å². The van der Waals surface area contributed by atoms with Crippen LogP contribution in [0.1, 0.15) is 15.9 Å². The Hall–Kier alpha value is -3.66. The summed E-state index contributed by atoms with van der Waals surface area (Å²) in [6, 6.07) is 23.7. The molecule has 0 atom stereocenters. The first-order valence-corrected chi connectivity index (χ1v) is 8.97. The average Bonchev–Trinajstić information content (AvgIpc) is 2.73. The van der Waals surface area contributed by atoms with Crippen molar-refractivity contribution in [2.45, 2.75) is 6.92 Å². The van der Waals surface area contributed by atoms with Crippen LogP contribution in [0.2, 0.25) is 0 Å². The molecule has 28 heavy (non-hydrogen) atoms. The van der Waals surface area contributed by atoms with Crippen molar-refractivity contribution in [3.63, 3.8) is 0 Å². The van der Waals surface area contributed by atoms with Crippen molar-refractivity contribution in [3.05, 3.63) is 100 Å². The van der Waals surface area contributed by atoms with Crippen LogP contribution in [0.25, 0.3) is 22.1 Å². The van der Waals surface area contributed by atoms with E-state index in [1.807, 2.05) is 61.5 Å². The van der Waals surface area contributed by atoms with Gasteiger partial charge in [-0.05, 0) is 30.2 Å². The zero-order valence-electron chi connectivity index (χ0n) is 15.3. The first kappa shape index (κ1) is 17.7. The molecule has 138 valence electrons. The van der Waals surface area contributed by atoms with Gasteiger partial charge >= 0.3 is 5.63 Å². The number of carbonyl (C=O) groups excluding carboxylic acids is 1. The fraction of sp³-hybridized carbons (Fsp3) is 0.0833. The molecule has 1 heterocycles. The fourth-order valence-electron chi connectivity index (χ4n) is 3.22. The van der Waals surface area contributed by atoms with Crippen LogP contribution in [0, 0.1) is 6.92 Å². The Balaban J connectivity index is 1.63. The first-order chi connectivity index (χ1) is 13.6. The van der Waals surface area contributed by atoms with Gasteiger partial charge in [0.25, 0.3) is 0 Å². The molecule has 0 saturated carbocycles. The van der Waals surface area contributed by atoms with E-state index in [-0.39, 0.29) is 12.4 Å². The molecule has 1 aromatic heterocycles. The predicted molar refractivity (Wildman–Crippen MR) is 109 cm³/mol. The molecule has 0 amide bonds. The molecular weight excluding hydrogens is 352 g/mol. The van der Waals surface area contributed by atoms with Crippen molar-refractivity contribution < 1.29 is 13.9 Å². The van der Waals surface area contributed by atoms with Crippen molar-refractivity contribution in [2.24, 2.45) is 0 Å². The number of rotatable bonds is 5. The van der Waals surface area contributed by atoms with E-state index in [1.165, 1.54) is 0 Å². The van der Waals surface area contributed by atoms with E-state index < -0.39 is 5.63 Å². The molecule has 4 heteroatoms. The molecule has 0 N–H and O–H groups in total. The number of benzene rings is 3. The van der Waals surface area contributed by atoms with Crippen molar-refractivity contribution in [3.8, 4) is 16.9 Å². The number of carbonyl (C=O) groups is 1. The van der Waals surface area contributed by atoms with Gasteiger partial charge in [0, 0.05) is 17.0 Å². The van der Waals surface area contributed by atoms with Gasteiger partial charge in [0.05, 0.1) is 5.56 Å². The molecule has 4 aromatic rings. The molecule has 0 bridgehead atoms. The third-order valence-electron chi connectivity index (χ3n) is 4.67. The number of aryl methyl sites for hydroxylation is 1. The van der Waals surface area contributed by atoms with Crippen molar-refractivity contribution in [2.75, 3.05) is 6.61 Å². The van der Waals surface area contributed by atoms with Crippen molar-refractivity contribution in [1.82, 2.24) is 0 Å². The van der Waals surface area contributed by atoms with Gasteiger partial charge in [-0.1, -0.05) is 60.7 Å². The van der Waals surface area contributed by atoms with Gasteiger partial charge in [0.15, 0.2) is 12.4 Å². The smallest absolute Gasteiger partial charge is 0.344 e. The summed E-state index contributed by atoms with van der Waals surface area (Å²) < 4.78 is 11.2. The Morgan fingerprint density at radius 1 is 0.929 bits per heavy atom. The number of fused-ring (bicyclic) bond motifs is 1. The summed E-state index contributed by atoms with van der Waals surface area (Å²) in [7, 11) is 0. The third-order valence-corrected chi connectivity index (χ3v) is 4.67. The van der Waals surface area contributed by atoms with Crippen LogP contribution in [0.15, 0.2) is 88.1 Å². The second-order valence-corrected chi connectivity index (χ2v) is 6.49. The van der Waals surface area contributed by atoms with Gasteiger partial charge in [0.1, 0.15) is 11.3 Å². The summed E-state index contributed by atoms with van der Waals surface area (Å²) in [5.74, 6) is 0.365. The minimum Gasteiger partial charge on any atom is -0.485 e. The molecule has 0 aliphatic heterocycles. The lowest BCUT2D eigenvalue weighted by Gasteiger charge is -2.10. The second kappa shape index (κ2) is 7.53. The van der Waals surface area contributed by atoms with Gasteiger partial charge in [-0.25, -0.2) is 4.79 Å². The lowest BCUT2D eigenvalue weighted by Crippen LogP contribution is -2.11. The molecule has 0 fully saturated rings. The molecule has 0 aliphatic carbocycles. The van der Waals surface area contributed by atoms with Gasteiger partial charge in [-0.2, -0.15) is 0 Å². The molecule has 0 unspecified atom stereocenters. The van der Waals surface area contributed by atoms with E-state index >= 15 is 0 Å². The van der Waals surface area contributed by atoms with Gasteiger partial charge in [0.2, 0.25) is 0 Å². The van der Waals surface area contributed by atoms with E-state index in [0.29, 0.717) is 22.5 Å². The number of ether oxygens (including phenoxy) is 1. The number of Topliss-reactive ketones (excluding diaryl/α,β-unsaturated/α-hetero) is 1. The minimum atomic E-state index is -0.395. The Kier molecular flexibility index (Phi) is 4.77. The van der Waals surface area contributed by atoms with Crippen LogP contribution in [0.3, 0.4) is 0 Å². The summed E-state index contributed by atoms with van der Waals surface area (Å²) >= 11 is 0.